The molecule has 13 heavy (non-hydrogen) atoms. The molecule has 0 fully saturated rings. The van der Waals surface area contributed by atoms with Crippen molar-refractivity contribution in [3.8, 4) is 0 Å². The number of nitrogens with one attached hydrogen (secondary N) is 1. The number of carboxylic acids is 1. The summed E-state index contributed by atoms with van der Waals surface area (Å²) in [6, 6.07) is 0. The fourth-order valence-corrected chi connectivity index (χ4v) is 0.386. The molecule has 7 nitrogen and oxygen atoms in total. The maximum absolute atomic E-state index is 10.5. The Morgan fingerprint density at radius 2 is 1.85 bits per heavy atom. The van der Waals surface area contributed by atoms with Crippen LogP contribution in [-0.2, 0) is 24.0 Å². The molecule has 1 amide bonds. The van der Waals surface area contributed by atoms with E-state index in [1.807, 2.05) is 0 Å². The molecule has 0 spiro atoms. The van der Waals surface area contributed by atoms with Crippen LogP contribution in [0.5, 0.6) is 0 Å². The second kappa shape index (κ2) is 4.86. The highest BCUT2D eigenvalue weighted by Gasteiger charge is 2.14. The van der Waals surface area contributed by atoms with E-state index in [4.69, 9.17) is 5.11 Å². The minimum absolute atomic E-state index is 0.449. The van der Waals surface area contributed by atoms with E-state index in [2.05, 4.69) is 4.84 Å². The average molecular weight is 189 g/mol. The Balaban J connectivity index is 3.77. The normalized spacial score (nSPS) is 8.69. The van der Waals surface area contributed by atoms with Gasteiger partial charge in [0.25, 0.3) is 0 Å². The van der Waals surface area contributed by atoms with Gasteiger partial charge in [-0.3, -0.25) is 9.59 Å². The fraction of sp³-hybridized carbons (Fsp3) is 0.333. The first kappa shape index (κ1) is 11.1. The zero-order valence-corrected chi connectivity index (χ0v) is 6.70. The highest BCUT2D eigenvalue weighted by molar-refractivity contribution is 6.31. The molecule has 0 aromatic heterocycles. The third kappa shape index (κ3) is 5.36. The lowest BCUT2D eigenvalue weighted by atomic mass is 10.3. The van der Waals surface area contributed by atoms with Crippen molar-refractivity contribution in [3.63, 3.8) is 0 Å². The lowest BCUT2D eigenvalue weighted by molar-refractivity contribution is -0.165. The predicted molar refractivity (Wildman–Crippen MR) is 37.2 cm³/mol. The first-order valence-electron chi connectivity index (χ1n) is 3.16. The van der Waals surface area contributed by atoms with Gasteiger partial charge in [-0.05, 0) is 6.92 Å². The molecule has 0 aliphatic rings. The largest absolute Gasteiger partial charge is 0.474 e. The molecule has 0 saturated heterocycles. The third-order valence-corrected chi connectivity index (χ3v) is 0.845. The van der Waals surface area contributed by atoms with Gasteiger partial charge in [-0.25, -0.2) is 9.59 Å². The van der Waals surface area contributed by atoms with E-state index in [0.29, 0.717) is 0 Å². The molecule has 0 aromatic rings. The first-order chi connectivity index (χ1) is 5.93. The van der Waals surface area contributed by atoms with E-state index in [0.717, 1.165) is 6.92 Å². The summed E-state index contributed by atoms with van der Waals surface area (Å²) in [4.78, 5) is 44.9. The Hall–Kier alpha value is -1.92. The van der Waals surface area contributed by atoms with Gasteiger partial charge >= 0.3 is 17.8 Å². The summed E-state index contributed by atoms with van der Waals surface area (Å²) in [5, 5.41) is 8.01. The molecule has 0 saturated carbocycles. The van der Waals surface area contributed by atoms with Crippen LogP contribution in [0.3, 0.4) is 0 Å². The molecular weight excluding hydrogens is 182 g/mol. The van der Waals surface area contributed by atoms with Gasteiger partial charge in [-0.15, -0.1) is 0 Å². The Kier molecular flexibility index (Phi) is 4.14. The highest BCUT2D eigenvalue weighted by atomic mass is 16.7. The quantitative estimate of drug-likeness (QED) is 0.315. The molecule has 0 aliphatic carbocycles. The summed E-state index contributed by atoms with van der Waals surface area (Å²) in [5.41, 5.74) is 1.35. The van der Waals surface area contributed by atoms with Crippen LogP contribution in [0.4, 0.5) is 0 Å². The molecule has 7 heteroatoms. The molecular formula is C6H7NO6. The summed E-state index contributed by atoms with van der Waals surface area (Å²) >= 11 is 0. The van der Waals surface area contributed by atoms with Gasteiger partial charge in [0.1, 0.15) is 12.2 Å². The standard InChI is InChI=1S/C6H7NO6/c1-3(8)2-4(9)13-7-5(10)6(11)12/h2H2,1H3,(H,7,10)(H,11,12). The minimum atomic E-state index is -1.78. The van der Waals surface area contributed by atoms with Gasteiger partial charge in [0, 0.05) is 0 Å². The third-order valence-electron chi connectivity index (χ3n) is 0.845. The Bertz CT molecular complexity index is 258. The maximum atomic E-state index is 10.5. The Morgan fingerprint density at radius 1 is 1.31 bits per heavy atom. The van der Waals surface area contributed by atoms with Crippen LogP contribution in [0.15, 0.2) is 0 Å². The van der Waals surface area contributed by atoms with Gasteiger partial charge in [0.15, 0.2) is 0 Å². The van der Waals surface area contributed by atoms with Crippen molar-refractivity contribution in [2.45, 2.75) is 13.3 Å². The molecule has 0 bridgehead atoms. The number of ketones is 1. The van der Waals surface area contributed by atoms with Crippen LogP contribution < -0.4 is 5.48 Å². The molecule has 2 N–H and O–H groups in total. The molecule has 0 aliphatic heterocycles. The molecule has 0 rings (SSSR count). The minimum Gasteiger partial charge on any atom is -0.474 e. The topological polar surface area (TPSA) is 110 Å². The number of rotatable bonds is 2. The number of carbonyl (C=O) groups is 4. The fourth-order valence-electron chi connectivity index (χ4n) is 0.386. The van der Waals surface area contributed by atoms with Crippen LogP contribution >= 0.6 is 0 Å². The number of hydrogen-bond donors (Lipinski definition) is 2. The molecule has 0 heterocycles. The number of carbonyl (C=O) groups excluding carboxylic acids is 3. The van der Waals surface area contributed by atoms with Crippen molar-refractivity contribution in [2.24, 2.45) is 0 Å². The van der Waals surface area contributed by atoms with Crippen molar-refractivity contribution in [2.75, 3.05) is 0 Å². The number of amides is 1. The molecule has 0 aromatic carbocycles. The highest BCUT2D eigenvalue weighted by Crippen LogP contribution is 1.84. The summed E-state index contributed by atoms with van der Waals surface area (Å²) in [7, 11) is 0. The van der Waals surface area contributed by atoms with E-state index in [1.54, 1.807) is 0 Å². The summed E-state index contributed by atoms with van der Waals surface area (Å²) in [6.45, 7) is 1.15. The SMILES string of the molecule is CC(=O)CC(=O)ONC(=O)C(=O)O. The Labute approximate surface area is 72.6 Å². The van der Waals surface area contributed by atoms with Crippen molar-refractivity contribution in [1.29, 1.82) is 0 Å². The van der Waals surface area contributed by atoms with E-state index < -0.39 is 30.0 Å². The Morgan fingerprint density at radius 3 is 2.23 bits per heavy atom. The van der Waals surface area contributed by atoms with Crippen LogP contribution in [0.2, 0.25) is 0 Å². The smallest absolute Gasteiger partial charge is 0.397 e. The maximum Gasteiger partial charge on any atom is 0.397 e. The summed E-state index contributed by atoms with van der Waals surface area (Å²) in [5.74, 6) is -4.72. The lowest BCUT2D eigenvalue weighted by Crippen LogP contribution is -2.33. The zero-order valence-electron chi connectivity index (χ0n) is 6.70. The molecule has 0 radical (unpaired) electrons. The van der Waals surface area contributed by atoms with E-state index in [-0.39, 0.29) is 0 Å². The van der Waals surface area contributed by atoms with Crippen LogP contribution in [-0.4, -0.2) is 28.7 Å². The molecule has 0 atom stereocenters. The predicted octanol–water partition coefficient (Wildman–Crippen LogP) is -1.38. The number of hydroxylamine groups is 1. The van der Waals surface area contributed by atoms with E-state index in [9.17, 15) is 19.2 Å². The van der Waals surface area contributed by atoms with Crippen LogP contribution in [0.25, 0.3) is 0 Å². The summed E-state index contributed by atoms with van der Waals surface area (Å²) in [6.07, 6.45) is -0.514. The van der Waals surface area contributed by atoms with Gasteiger partial charge in [-0.1, -0.05) is 0 Å². The second-order valence-corrected chi connectivity index (χ2v) is 2.09. The number of carboxylic acid groups (broad SMARTS) is 1. The number of aliphatic carboxylic acids is 1. The second-order valence-electron chi connectivity index (χ2n) is 2.09. The van der Waals surface area contributed by atoms with E-state index in [1.165, 1.54) is 5.48 Å². The van der Waals surface area contributed by atoms with Crippen molar-refractivity contribution >= 4 is 23.6 Å². The van der Waals surface area contributed by atoms with Crippen molar-refractivity contribution in [3.05, 3.63) is 0 Å². The first-order valence-corrected chi connectivity index (χ1v) is 3.16. The van der Waals surface area contributed by atoms with Crippen molar-refractivity contribution in [1.82, 2.24) is 5.48 Å². The van der Waals surface area contributed by atoms with Gasteiger partial charge in [0.05, 0.1) is 0 Å². The molecule has 72 valence electrons. The van der Waals surface area contributed by atoms with Gasteiger partial charge in [-0.2, -0.15) is 5.48 Å². The van der Waals surface area contributed by atoms with E-state index >= 15 is 0 Å². The number of Topliss-reactive ketones (excluding diaryl/α,β-unsaturated/α-hetero) is 1. The van der Waals surface area contributed by atoms with Gasteiger partial charge in [0.2, 0.25) is 0 Å². The average Bonchev–Trinajstić information content (AvgIpc) is 1.98. The number of hydrogen-bond acceptors (Lipinski definition) is 5. The van der Waals surface area contributed by atoms with Crippen molar-refractivity contribution < 1.29 is 29.1 Å². The summed E-state index contributed by atoms with van der Waals surface area (Å²) < 4.78 is 0. The lowest BCUT2D eigenvalue weighted by Gasteiger charge is -2.00. The monoisotopic (exact) mass is 189 g/mol. The van der Waals surface area contributed by atoms with Gasteiger partial charge < -0.3 is 9.94 Å². The molecule has 0 unspecified atom stereocenters. The van der Waals surface area contributed by atoms with Crippen LogP contribution in [0, 0.1) is 0 Å². The zero-order chi connectivity index (χ0) is 10.4. The van der Waals surface area contributed by atoms with Crippen LogP contribution in [0.1, 0.15) is 13.3 Å².